The summed E-state index contributed by atoms with van der Waals surface area (Å²) >= 11 is 0. The van der Waals surface area contributed by atoms with Gasteiger partial charge in [0.2, 0.25) is 0 Å². The summed E-state index contributed by atoms with van der Waals surface area (Å²) in [5.41, 5.74) is 1.38. The van der Waals surface area contributed by atoms with Crippen LogP contribution in [-0.2, 0) is 6.54 Å². The Morgan fingerprint density at radius 2 is 1.90 bits per heavy atom. The number of ether oxygens (including phenoxy) is 1. The summed E-state index contributed by atoms with van der Waals surface area (Å²) in [4.78, 5) is 11.9. The molecule has 0 aromatic heterocycles. The van der Waals surface area contributed by atoms with Gasteiger partial charge >= 0.3 is 0 Å². The molecule has 21 heavy (non-hydrogen) atoms. The van der Waals surface area contributed by atoms with Gasteiger partial charge in [-0.25, -0.2) is 8.78 Å². The average molecular weight is 291 g/mol. The third-order valence-corrected chi connectivity index (χ3v) is 3.09. The molecular formula is C16H15F2NO2. The zero-order valence-electron chi connectivity index (χ0n) is 11.7. The molecule has 0 heterocycles. The van der Waals surface area contributed by atoms with Crippen LogP contribution in [0.2, 0.25) is 0 Å². The zero-order chi connectivity index (χ0) is 15.4. The summed E-state index contributed by atoms with van der Waals surface area (Å²) in [6, 6.07) is 8.59. The van der Waals surface area contributed by atoms with E-state index in [-0.39, 0.29) is 24.0 Å². The van der Waals surface area contributed by atoms with Gasteiger partial charge in [0.05, 0.1) is 7.11 Å². The van der Waals surface area contributed by atoms with Gasteiger partial charge in [0, 0.05) is 12.1 Å². The molecule has 0 spiro atoms. The quantitative estimate of drug-likeness (QED) is 0.939. The average Bonchev–Trinajstić information content (AvgIpc) is 2.47. The van der Waals surface area contributed by atoms with Crippen LogP contribution in [0.25, 0.3) is 0 Å². The van der Waals surface area contributed by atoms with Crippen LogP contribution in [0.4, 0.5) is 8.78 Å². The lowest BCUT2D eigenvalue weighted by Gasteiger charge is -2.08. The van der Waals surface area contributed by atoms with Gasteiger partial charge < -0.3 is 10.1 Å². The van der Waals surface area contributed by atoms with Crippen molar-refractivity contribution in [3.63, 3.8) is 0 Å². The summed E-state index contributed by atoms with van der Waals surface area (Å²) in [5, 5.41) is 2.66. The lowest BCUT2D eigenvalue weighted by Crippen LogP contribution is -2.23. The molecule has 0 atom stereocenters. The van der Waals surface area contributed by atoms with Crippen molar-refractivity contribution in [3.05, 3.63) is 64.7 Å². The monoisotopic (exact) mass is 291 g/mol. The first kappa shape index (κ1) is 15.0. The van der Waals surface area contributed by atoms with Crippen molar-refractivity contribution in [2.75, 3.05) is 7.11 Å². The van der Waals surface area contributed by atoms with E-state index in [9.17, 15) is 13.6 Å². The Labute approximate surface area is 121 Å². The predicted octanol–water partition coefficient (Wildman–Crippen LogP) is 3.21. The number of amides is 1. The number of carbonyl (C=O) groups is 1. The number of methoxy groups -OCH3 is 1. The number of halogens is 2. The second-order valence-corrected chi connectivity index (χ2v) is 4.62. The standard InChI is InChI=1S/C16H15F2NO2/c1-10-7-12(4-5-13(10)17)16(20)19-9-11-3-6-15(21-2)14(18)8-11/h3-8H,9H2,1-2H3,(H,19,20). The van der Waals surface area contributed by atoms with Crippen molar-refractivity contribution in [1.82, 2.24) is 5.32 Å². The third kappa shape index (κ3) is 3.56. The van der Waals surface area contributed by atoms with Gasteiger partial charge in [0.25, 0.3) is 5.91 Å². The first-order valence-electron chi connectivity index (χ1n) is 6.38. The van der Waals surface area contributed by atoms with Crippen LogP contribution >= 0.6 is 0 Å². The molecule has 5 heteroatoms. The highest BCUT2D eigenvalue weighted by atomic mass is 19.1. The van der Waals surface area contributed by atoms with Gasteiger partial charge in [-0.1, -0.05) is 6.07 Å². The fraction of sp³-hybridized carbons (Fsp3) is 0.188. The van der Waals surface area contributed by atoms with Gasteiger partial charge in [-0.15, -0.1) is 0 Å². The predicted molar refractivity (Wildman–Crippen MR) is 75.3 cm³/mol. The lowest BCUT2D eigenvalue weighted by atomic mass is 10.1. The number of hydrogen-bond acceptors (Lipinski definition) is 2. The van der Waals surface area contributed by atoms with Crippen LogP contribution in [0.15, 0.2) is 36.4 Å². The van der Waals surface area contributed by atoms with Crippen molar-refractivity contribution >= 4 is 5.91 Å². The molecule has 1 N–H and O–H groups in total. The second kappa shape index (κ2) is 6.35. The van der Waals surface area contributed by atoms with Crippen LogP contribution in [-0.4, -0.2) is 13.0 Å². The number of carbonyl (C=O) groups excluding carboxylic acids is 1. The Bertz CT molecular complexity index is 671. The van der Waals surface area contributed by atoms with E-state index in [2.05, 4.69) is 5.32 Å². The highest BCUT2D eigenvalue weighted by molar-refractivity contribution is 5.94. The van der Waals surface area contributed by atoms with E-state index in [1.807, 2.05) is 0 Å². The molecule has 2 rings (SSSR count). The lowest BCUT2D eigenvalue weighted by molar-refractivity contribution is 0.0950. The summed E-state index contributed by atoms with van der Waals surface area (Å²) in [6.45, 7) is 1.77. The minimum absolute atomic E-state index is 0.152. The summed E-state index contributed by atoms with van der Waals surface area (Å²) in [7, 11) is 1.39. The molecule has 0 bridgehead atoms. The summed E-state index contributed by atoms with van der Waals surface area (Å²) < 4.78 is 31.5. The molecule has 2 aromatic carbocycles. The van der Waals surface area contributed by atoms with E-state index in [0.29, 0.717) is 16.7 Å². The molecule has 0 aliphatic rings. The summed E-state index contributed by atoms with van der Waals surface area (Å²) in [5.74, 6) is -1.03. The maximum atomic E-state index is 13.5. The van der Waals surface area contributed by atoms with Crippen molar-refractivity contribution < 1.29 is 18.3 Å². The van der Waals surface area contributed by atoms with Crippen molar-refractivity contribution in [2.24, 2.45) is 0 Å². The van der Waals surface area contributed by atoms with E-state index in [4.69, 9.17) is 4.74 Å². The smallest absolute Gasteiger partial charge is 0.251 e. The molecule has 3 nitrogen and oxygen atoms in total. The maximum absolute atomic E-state index is 13.5. The Balaban J connectivity index is 2.03. The topological polar surface area (TPSA) is 38.3 Å². The minimum atomic E-state index is -0.484. The molecule has 0 aliphatic carbocycles. The number of nitrogens with one attached hydrogen (secondary N) is 1. The molecule has 0 unspecified atom stereocenters. The molecular weight excluding hydrogens is 276 g/mol. The van der Waals surface area contributed by atoms with Gasteiger partial charge in [0.15, 0.2) is 11.6 Å². The summed E-state index contributed by atoms with van der Waals surface area (Å²) in [6.07, 6.45) is 0. The van der Waals surface area contributed by atoms with Crippen molar-refractivity contribution in [1.29, 1.82) is 0 Å². The molecule has 2 aromatic rings. The number of benzene rings is 2. The molecule has 0 saturated carbocycles. The number of aryl methyl sites for hydroxylation is 1. The zero-order valence-corrected chi connectivity index (χ0v) is 11.7. The fourth-order valence-electron chi connectivity index (χ4n) is 1.89. The molecule has 1 amide bonds. The molecule has 0 radical (unpaired) electrons. The van der Waals surface area contributed by atoms with Gasteiger partial charge in [-0.3, -0.25) is 4.79 Å². The van der Waals surface area contributed by atoms with Gasteiger partial charge in [0.1, 0.15) is 5.82 Å². The Kier molecular flexibility index (Phi) is 4.52. The molecule has 0 saturated heterocycles. The SMILES string of the molecule is COc1ccc(CNC(=O)c2ccc(F)c(C)c2)cc1F. The molecule has 0 fully saturated rings. The third-order valence-electron chi connectivity index (χ3n) is 3.09. The van der Waals surface area contributed by atoms with Crippen LogP contribution in [0.5, 0.6) is 5.75 Å². The normalized spacial score (nSPS) is 10.3. The number of rotatable bonds is 4. The van der Waals surface area contributed by atoms with E-state index in [1.165, 1.54) is 37.4 Å². The largest absolute Gasteiger partial charge is 0.494 e. The van der Waals surface area contributed by atoms with E-state index >= 15 is 0 Å². The fourth-order valence-corrected chi connectivity index (χ4v) is 1.89. The molecule has 110 valence electrons. The van der Waals surface area contributed by atoms with Crippen LogP contribution in [0.1, 0.15) is 21.5 Å². The van der Waals surface area contributed by atoms with Crippen LogP contribution in [0.3, 0.4) is 0 Å². The second-order valence-electron chi connectivity index (χ2n) is 4.62. The molecule has 0 aliphatic heterocycles. The first-order chi connectivity index (χ1) is 10.0. The Morgan fingerprint density at radius 1 is 1.14 bits per heavy atom. The van der Waals surface area contributed by atoms with Gasteiger partial charge in [-0.2, -0.15) is 0 Å². The van der Waals surface area contributed by atoms with E-state index < -0.39 is 5.82 Å². The number of hydrogen-bond donors (Lipinski definition) is 1. The highest BCUT2D eigenvalue weighted by Gasteiger charge is 2.09. The Morgan fingerprint density at radius 3 is 2.52 bits per heavy atom. The van der Waals surface area contributed by atoms with Crippen molar-refractivity contribution in [2.45, 2.75) is 13.5 Å². The maximum Gasteiger partial charge on any atom is 0.251 e. The highest BCUT2D eigenvalue weighted by Crippen LogP contribution is 2.17. The minimum Gasteiger partial charge on any atom is -0.494 e. The van der Waals surface area contributed by atoms with Crippen LogP contribution < -0.4 is 10.1 Å². The van der Waals surface area contributed by atoms with E-state index in [0.717, 1.165) is 0 Å². The van der Waals surface area contributed by atoms with Crippen molar-refractivity contribution in [3.8, 4) is 5.75 Å². The Hall–Kier alpha value is -2.43. The van der Waals surface area contributed by atoms with E-state index in [1.54, 1.807) is 13.0 Å². The van der Waals surface area contributed by atoms with Gasteiger partial charge in [-0.05, 0) is 48.4 Å². The van der Waals surface area contributed by atoms with Crippen LogP contribution in [0, 0.1) is 18.6 Å². The first-order valence-corrected chi connectivity index (χ1v) is 6.38.